The van der Waals surface area contributed by atoms with Gasteiger partial charge in [-0.25, -0.2) is 0 Å². The Balaban J connectivity index is 1.88. The molecule has 0 aromatic carbocycles. The van der Waals surface area contributed by atoms with Gasteiger partial charge in [0.2, 0.25) is 0 Å². The van der Waals surface area contributed by atoms with Crippen molar-refractivity contribution in [1.82, 2.24) is 4.98 Å². The molecule has 4 nitrogen and oxygen atoms in total. The second-order valence-corrected chi connectivity index (χ2v) is 4.00. The number of aromatic nitrogens is 1. The molecule has 1 aromatic heterocycles. The van der Waals surface area contributed by atoms with Crippen LogP contribution < -0.4 is 4.90 Å². The summed E-state index contributed by atoms with van der Waals surface area (Å²) in [6, 6.07) is 4.01. The third-order valence-corrected chi connectivity index (χ3v) is 2.80. The molecule has 0 unspecified atom stereocenters. The molecule has 0 atom stereocenters. The standard InChI is InChI=1S/C12H16N2O2/c1-10(15)16-12-4-8-14(9-5-12)11-2-6-13-7-3-11/h2-3,6-7,12H,4-5,8-9H2,1H3. The second-order valence-electron chi connectivity index (χ2n) is 4.00. The van der Waals surface area contributed by atoms with Gasteiger partial charge < -0.3 is 9.64 Å². The predicted octanol–water partition coefficient (Wildman–Crippen LogP) is 1.61. The van der Waals surface area contributed by atoms with Crippen molar-refractivity contribution in [1.29, 1.82) is 0 Å². The maximum Gasteiger partial charge on any atom is 0.302 e. The molecule has 2 heterocycles. The van der Waals surface area contributed by atoms with Crippen LogP contribution >= 0.6 is 0 Å². The summed E-state index contributed by atoms with van der Waals surface area (Å²) in [6.07, 6.45) is 5.50. The lowest BCUT2D eigenvalue weighted by Crippen LogP contribution is -2.37. The van der Waals surface area contributed by atoms with Crippen LogP contribution in [-0.2, 0) is 9.53 Å². The quantitative estimate of drug-likeness (QED) is 0.710. The van der Waals surface area contributed by atoms with Crippen molar-refractivity contribution in [3.05, 3.63) is 24.5 Å². The van der Waals surface area contributed by atoms with E-state index in [4.69, 9.17) is 4.74 Å². The highest BCUT2D eigenvalue weighted by Gasteiger charge is 2.21. The van der Waals surface area contributed by atoms with Crippen molar-refractivity contribution < 1.29 is 9.53 Å². The number of carbonyl (C=O) groups excluding carboxylic acids is 1. The van der Waals surface area contributed by atoms with Gasteiger partial charge in [0.1, 0.15) is 6.10 Å². The van der Waals surface area contributed by atoms with Gasteiger partial charge in [0.05, 0.1) is 0 Å². The van der Waals surface area contributed by atoms with Gasteiger partial charge in [-0.3, -0.25) is 9.78 Å². The van der Waals surface area contributed by atoms with Crippen LogP contribution in [0.4, 0.5) is 5.69 Å². The van der Waals surface area contributed by atoms with E-state index in [0.717, 1.165) is 25.9 Å². The Kier molecular flexibility index (Phi) is 3.39. The number of pyridine rings is 1. The van der Waals surface area contributed by atoms with Crippen LogP contribution in [0.25, 0.3) is 0 Å². The van der Waals surface area contributed by atoms with E-state index in [0.29, 0.717) is 0 Å². The number of anilines is 1. The van der Waals surface area contributed by atoms with E-state index >= 15 is 0 Å². The zero-order valence-electron chi connectivity index (χ0n) is 9.43. The Morgan fingerprint density at radius 1 is 1.38 bits per heavy atom. The number of hydrogen-bond donors (Lipinski definition) is 0. The van der Waals surface area contributed by atoms with E-state index in [1.54, 1.807) is 12.4 Å². The molecule has 0 saturated carbocycles. The first-order valence-electron chi connectivity index (χ1n) is 5.58. The first-order chi connectivity index (χ1) is 7.75. The molecule has 2 rings (SSSR count). The van der Waals surface area contributed by atoms with Gasteiger partial charge in [0.25, 0.3) is 0 Å². The highest BCUT2D eigenvalue weighted by Crippen LogP contribution is 2.20. The first-order valence-corrected chi connectivity index (χ1v) is 5.58. The van der Waals surface area contributed by atoms with Crippen molar-refractivity contribution in [3.63, 3.8) is 0 Å². The molecule has 0 radical (unpaired) electrons. The number of esters is 1. The summed E-state index contributed by atoms with van der Waals surface area (Å²) in [6.45, 7) is 3.33. The average molecular weight is 220 g/mol. The molecule has 0 amide bonds. The minimum absolute atomic E-state index is 0.0931. The topological polar surface area (TPSA) is 42.4 Å². The van der Waals surface area contributed by atoms with E-state index in [-0.39, 0.29) is 12.1 Å². The molecule has 0 aliphatic carbocycles. The summed E-state index contributed by atoms with van der Waals surface area (Å²) in [7, 11) is 0. The molecule has 0 N–H and O–H groups in total. The van der Waals surface area contributed by atoms with Crippen LogP contribution in [0.2, 0.25) is 0 Å². The maximum atomic E-state index is 10.8. The number of hydrogen-bond acceptors (Lipinski definition) is 4. The third kappa shape index (κ3) is 2.72. The maximum absolute atomic E-state index is 10.8. The zero-order chi connectivity index (χ0) is 11.4. The van der Waals surface area contributed by atoms with Crippen molar-refractivity contribution in [2.24, 2.45) is 0 Å². The smallest absolute Gasteiger partial charge is 0.302 e. The monoisotopic (exact) mass is 220 g/mol. The van der Waals surface area contributed by atoms with Crippen LogP contribution in [0.15, 0.2) is 24.5 Å². The van der Waals surface area contributed by atoms with Crippen LogP contribution in [0.5, 0.6) is 0 Å². The van der Waals surface area contributed by atoms with Crippen LogP contribution in [0, 0.1) is 0 Å². The van der Waals surface area contributed by atoms with E-state index in [1.165, 1.54) is 12.6 Å². The number of piperidine rings is 1. The molecule has 86 valence electrons. The minimum atomic E-state index is -0.178. The van der Waals surface area contributed by atoms with Gasteiger partial charge in [-0.2, -0.15) is 0 Å². The van der Waals surface area contributed by atoms with Crippen molar-refractivity contribution >= 4 is 11.7 Å². The van der Waals surface area contributed by atoms with Gasteiger partial charge in [0.15, 0.2) is 0 Å². The summed E-state index contributed by atoms with van der Waals surface area (Å²) >= 11 is 0. The third-order valence-electron chi connectivity index (χ3n) is 2.80. The van der Waals surface area contributed by atoms with Crippen molar-refractivity contribution in [2.45, 2.75) is 25.9 Å². The summed E-state index contributed by atoms with van der Waals surface area (Å²) in [5.74, 6) is -0.178. The fourth-order valence-corrected chi connectivity index (χ4v) is 2.02. The Bertz CT molecular complexity index is 345. The highest BCUT2D eigenvalue weighted by molar-refractivity contribution is 5.66. The molecular weight excluding hydrogens is 204 g/mol. The minimum Gasteiger partial charge on any atom is -0.462 e. The molecular formula is C12H16N2O2. The number of ether oxygens (including phenoxy) is 1. The lowest BCUT2D eigenvalue weighted by molar-refractivity contribution is -0.147. The Morgan fingerprint density at radius 3 is 2.56 bits per heavy atom. The van der Waals surface area contributed by atoms with Crippen molar-refractivity contribution in [3.8, 4) is 0 Å². The molecule has 1 aliphatic heterocycles. The fraction of sp³-hybridized carbons (Fsp3) is 0.500. The van der Waals surface area contributed by atoms with Crippen LogP contribution in [-0.4, -0.2) is 30.1 Å². The summed E-state index contributed by atoms with van der Waals surface area (Å²) in [5.41, 5.74) is 1.19. The predicted molar refractivity (Wildman–Crippen MR) is 61.2 cm³/mol. The fourth-order valence-electron chi connectivity index (χ4n) is 2.02. The molecule has 0 bridgehead atoms. The van der Waals surface area contributed by atoms with Crippen LogP contribution in [0.3, 0.4) is 0 Å². The molecule has 16 heavy (non-hydrogen) atoms. The molecule has 1 aliphatic rings. The lowest BCUT2D eigenvalue weighted by atomic mass is 10.1. The molecule has 1 fully saturated rings. The Labute approximate surface area is 95.2 Å². The average Bonchev–Trinajstić information content (AvgIpc) is 2.30. The van der Waals surface area contributed by atoms with Gasteiger partial charge in [0, 0.05) is 50.9 Å². The number of rotatable bonds is 2. The normalized spacial score (nSPS) is 17.2. The Morgan fingerprint density at radius 2 is 2.00 bits per heavy atom. The van der Waals surface area contributed by atoms with E-state index in [2.05, 4.69) is 9.88 Å². The van der Waals surface area contributed by atoms with E-state index in [1.807, 2.05) is 12.1 Å². The molecule has 4 heteroatoms. The van der Waals surface area contributed by atoms with Crippen LogP contribution in [0.1, 0.15) is 19.8 Å². The van der Waals surface area contributed by atoms with Gasteiger partial charge in [-0.15, -0.1) is 0 Å². The molecule has 1 aromatic rings. The summed E-state index contributed by atoms with van der Waals surface area (Å²) in [4.78, 5) is 17.1. The highest BCUT2D eigenvalue weighted by atomic mass is 16.5. The number of carbonyl (C=O) groups is 1. The number of nitrogens with zero attached hydrogens (tertiary/aromatic N) is 2. The van der Waals surface area contributed by atoms with Crippen molar-refractivity contribution in [2.75, 3.05) is 18.0 Å². The second kappa shape index (κ2) is 4.96. The first kappa shape index (κ1) is 10.9. The van der Waals surface area contributed by atoms with Gasteiger partial charge in [-0.05, 0) is 12.1 Å². The molecule has 1 saturated heterocycles. The van der Waals surface area contributed by atoms with E-state index in [9.17, 15) is 4.79 Å². The van der Waals surface area contributed by atoms with Gasteiger partial charge in [-0.1, -0.05) is 0 Å². The lowest BCUT2D eigenvalue weighted by Gasteiger charge is -2.32. The molecule has 0 spiro atoms. The van der Waals surface area contributed by atoms with Gasteiger partial charge >= 0.3 is 5.97 Å². The summed E-state index contributed by atoms with van der Waals surface area (Å²) in [5, 5.41) is 0. The SMILES string of the molecule is CC(=O)OC1CCN(c2ccncc2)CC1. The summed E-state index contributed by atoms with van der Waals surface area (Å²) < 4.78 is 5.20. The Hall–Kier alpha value is -1.58. The zero-order valence-corrected chi connectivity index (χ0v) is 9.43. The van der Waals surface area contributed by atoms with E-state index < -0.39 is 0 Å². The largest absolute Gasteiger partial charge is 0.462 e.